The van der Waals surface area contributed by atoms with Crippen LogP contribution < -0.4 is 15.4 Å². The van der Waals surface area contributed by atoms with Gasteiger partial charge in [-0.1, -0.05) is 24.3 Å². The number of aliphatic hydroxyl groups excluding tert-OH is 1. The Morgan fingerprint density at radius 2 is 1.91 bits per heavy atom. The lowest BCUT2D eigenvalue weighted by atomic mass is 10.1. The van der Waals surface area contributed by atoms with Crippen LogP contribution in [0.1, 0.15) is 38.0 Å². The average molecular weight is 549 g/mol. The first-order valence-electron chi connectivity index (χ1n) is 10.6. The van der Waals surface area contributed by atoms with E-state index < -0.39 is 6.10 Å². The van der Waals surface area contributed by atoms with E-state index in [1.807, 2.05) is 80.2 Å². The third-order valence-electron chi connectivity index (χ3n) is 4.54. The van der Waals surface area contributed by atoms with Crippen molar-refractivity contribution in [3.05, 3.63) is 78.1 Å². The van der Waals surface area contributed by atoms with E-state index in [2.05, 4.69) is 26.8 Å². The summed E-state index contributed by atoms with van der Waals surface area (Å²) in [5, 5.41) is 21.3. The first-order chi connectivity index (χ1) is 15.0. The van der Waals surface area contributed by atoms with E-state index in [-0.39, 0.29) is 30.1 Å². The third-order valence-corrected chi connectivity index (χ3v) is 4.54. The molecule has 172 valence electrons. The number of guanidine groups is 1. The summed E-state index contributed by atoms with van der Waals surface area (Å²) in [6, 6.07) is 17.5. The Hall–Kier alpha value is -2.59. The molecule has 1 heterocycles. The van der Waals surface area contributed by atoms with Crippen molar-refractivity contribution in [2.75, 3.05) is 13.1 Å². The molecule has 3 N–H and O–H groups in total. The second-order valence-corrected chi connectivity index (χ2v) is 7.45. The van der Waals surface area contributed by atoms with Crippen LogP contribution in [-0.4, -0.2) is 40.0 Å². The molecular formula is C24H32IN5O2. The second kappa shape index (κ2) is 13.1. The van der Waals surface area contributed by atoms with Crippen molar-refractivity contribution in [3.8, 4) is 11.4 Å². The fourth-order valence-electron chi connectivity index (χ4n) is 3.08. The predicted octanol–water partition coefficient (Wildman–Crippen LogP) is 4.07. The van der Waals surface area contributed by atoms with Gasteiger partial charge in [0.05, 0.1) is 24.4 Å². The maximum atomic E-state index is 10.5. The zero-order valence-corrected chi connectivity index (χ0v) is 21.1. The van der Waals surface area contributed by atoms with Crippen LogP contribution in [-0.2, 0) is 6.54 Å². The molecule has 8 heteroatoms. The highest BCUT2D eigenvalue weighted by molar-refractivity contribution is 14.0. The van der Waals surface area contributed by atoms with Crippen LogP contribution in [0.5, 0.6) is 5.75 Å². The molecule has 3 aromatic rings. The summed E-state index contributed by atoms with van der Waals surface area (Å²) >= 11 is 0. The predicted molar refractivity (Wildman–Crippen MR) is 139 cm³/mol. The summed E-state index contributed by atoms with van der Waals surface area (Å²) in [6.07, 6.45) is 3.14. The molecule has 0 fully saturated rings. The fraction of sp³-hybridized carbons (Fsp3) is 0.333. The molecule has 3 rings (SSSR count). The number of hydrogen-bond acceptors (Lipinski definition) is 4. The van der Waals surface area contributed by atoms with E-state index >= 15 is 0 Å². The highest BCUT2D eigenvalue weighted by Crippen LogP contribution is 2.18. The molecule has 7 nitrogen and oxygen atoms in total. The standard InChI is InChI=1S/C24H31N5O2.HI/c1-4-25-24(26-16-19-7-5-8-21(15-19)29-14-6-13-28-29)27-17-23(30)20-9-11-22(12-10-20)31-18(2)3;/h5-15,18,23,30H,4,16-17H2,1-3H3,(H2,25,26,27);1H. The molecule has 0 aliphatic carbocycles. The molecule has 0 saturated carbocycles. The molecule has 0 aliphatic rings. The van der Waals surface area contributed by atoms with Gasteiger partial charge in [0.15, 0.2) is 5.96 Å². The molecule has 0 aliphatic heterocycles. The Morgan fingerprint density at radius 3 is 2.56 bits per heavy atom. The monoisotopic (exact) mass is 549 g/mol. The largest absolute Gasteiger partial charge is 0.491 e. The van der Waals surface area contributed by atoms with Crippen molar-refractivity contribution in [2.45, 2.75) is 39.5 Å². The molecule has 2 aromatic carbocycles. The number of aliphatic imine (C=N–C) groups is 1. The van der Waals surface area contributed by atoms with Crippen LogP contribution in [0, 0.1) is 0 Å². The van der Waals surface area contributed by atoms with Crippen molar-refractivity contribution in [2.24, 2.45) is 4.99 Å². The summed E-state index contributed by atoms with van der Waals surface area (Å²) < 4.78 is 7.48. The van der Waals surface area contributed by atoms with Gasteiger partial charge in [0.2, 0.25) is 0 Å². The minimum Gasteiger partial charge on any atom is -0.491 e. The van der Waals surface area contributed by atoms with Gasteiger partial charge >= 0.3 is 0 Å². The lowest BCUT2D eigenvalue weighted by Crippen LogP contribution is -2.39. The molecule has 0 amide bonds. The van der Waals surface area contributed by atoms with E-state index in [0.717, 1.165) is 29.1 Å². The lowest BCUT2D eigenvalue weighted by Gasteiger charge is -2.16. The van der Waals surface area contributed by atoms with Crippen molar-refractivity contribution in [1.82, 2.24) is 20.4 Å². The van der Waals surface area contributed by atoms with Gasteiger partial charge in [-0.15, -0.1) is 24.0 Å². The third kappa shape index (κ3) is 7.83. The van der Waals surface area contributed by atoms with Crippen molar-refractivity contribution >= 4 is 29.9 Å². The van der Waals surface area contributed by atoms with E-state index in [9.17, 15) is 5.11 Å². The SMILES string of the molecule is CCNC(=NCc1cccc(-n2cccn2)c1)NCC(O)c1ccc(OC(C)C)cc1.I. The normalized spacial score (nSPS) is 12.2. The number of aliphatic hydroxyl groups is 1. The Balaban J connectivity index is 0.00000363. The maximum absolute atomic E-state index is 10.5. The number of ether oxygens (including phenoxy) is 1. The van der Waals surface area contributed by atoms with Gasteiger partial charge in [-0.05, 0) is 62.2 Å². The summed E-state index contributed by atoms with van der Waals surface area (Å²) in [5.74, 6) is 1.46. The summed E-state index contributed by atoms with van der Waals surface area (Å²) in [5.41, 5.74) is 2.90. The van der Waals surface area contributed by atoms with Crippen molar-refractivity contribution < 1.29 is 9.84 Å². The minimum atomic E-state index is -0.653. The first-order valence-corrected chi connectivity index (χ1v) is 10.6. The van der Waals surface area contributed by atoms with Gasteiger partial charge in [0.25, 0.3) is 0 Å². The number of hydrogen-bond donors (Lipinski definition) is 3. The maximum Gasteiger partial charge on any atom is 0.191 e. The molecule has 1 unspecified atom stereocenters. The zero-order chi connectivity index (χ0) is 22.1. The molecule has 32 heavy (non-hydrogen) atoms. The number of benzene rings is 2. The van der Waals surface area contributed by atoms with E-state index in [0.29, 0.717) is 19.0 Å². The lowest BCUT2D eigenvalue weighted by molar-refractivity contribution is 0.180. The minimum absolute atomic E-state index is 0. The van der Waals surface area contributed by atoms with E-state index in [1.54, 1.807) is 6.20 Å². The van der Waals surface area contributed by atoms with Crippen LogP contribution >= 0.6 is 24.0 Å². The van der Waals surface area contributed by atoms with Gasteiger partial charge in [-0.2, -0.15) is 5.10 Å². The molecule has 1 aromatic heterocycles. The zero-order valence-electron chi connectivity index (χ0n) is 18.7. The van der Waals surface area contributed by atoms with Crippen LogP contribution in [0.3, 0.4) is 0 Å². The van der Waals surface area contributed by atoms with Crippen molar-refractivity contribution in [3.63, 3.8) is 0 Å². The van der Waals surface area contributed by atoms with Crippen LogP contribution in [0.15, 0.2) is 72.0 Å². The van der Waals surface area contributed by atoms with Crippen LogP contribution in [0.2, 0.25) is 0 Å². The van der Waals surface area contributed by atoms with Gasteiger partial charge in [-0.25, -0.2) is 9.67 Å². The first kappa shape index (κ1) is 25.7. The van der Waals surface area contributed by atoms with Gasteiger partial charge in [0.1, 0.15) is 5.75 Å². The number of halogens is 1. The Bertz CT molecular complexity index is 959. The van der Waals surface area contributed by atoms with Crippen LogP contribution in [0.25, 0.3) is 5.69 Å². The molecule has 0 spiro atoms. The number of rotatable bonds is 9. The quantitative estimate of drug-likeness (QED) is 0.213. The molecule has 0 saturated heterocycles. The molecule has 0 bridgehead atoms. The van der Waals surface area contributed by atoms with Gasteiger partial charge < -0.3 is 20.5 Å². The second-order valence-electron chi connectivity index (χ2n) is 7.45. The average Bonchev–Trinajstić information content (AvgIpc) is 3.31. The summed E-state index contributed by atoms with van der Waals surface area (Å²) in [7, 11) is 0. The molecule has 1 atom stereocenters. The molecule has 0 radical (unpaired) electrons. The highest BCUT2D eigenvalue weighted by Gasteiger charge is 2.09. The topological polar surface area (TPSA) is 83.7 Å². The van der Waals surface area contributed by atoms with E-state index in [1.165, 1.54) is 0 Å². The van der Waals surface area contributed by atoms with Crippen LogP contribution in [0.4, 0.5) is 0 Å². The molecular weight excluding hydrogens is 517 g/mol. The van der Waals surface area contributed by atoms with Gasteiger partial charge in [0, 0.05) is 25.5 Å². The van der Waals surface area contributed by atoms with Crippen molar-refractivity contribution in [1.29, 1.82) is 0 Å². The van der Waals surface area contributed by atoms with E-state index in [4.69, 9.17) is 4.74 Å². The number of aromatic nitrogens is 2. The van der Waals surface area contributed by atoms with Gasteiger partial charge in [-0.3, -0.25) is 0 Å². The Kier molecular flexibility index (Phi) is 10.5. The summed E-state index contributed by atoms with van der Waals surface area (Å²) in [4.78, 5) is 4.65. The highest BCUT2D eigenvalue weighted by atomic mass is 127. The number of nitrogens with one attached hydrogen (secondary N) is 2. The Morgan fingerprint density at radius 1 is 1.12 bits per heavy atom. The number of nitrogens with zero attached hydrogens (tertiary/aromatic N) is 3. The fourth-order valence-corrected chi connectivity index (χ4v) is 3.08. The summed E-state index contributed by atoms with van der Waals surface area (Å²) in [6.45, 7) is 7.59. The smallest absolute Gasteiger partial charge is 0.191 e. The Labute approximate surface area is 206 Å².